The second kappa shape index (κ2) is 6.51. The van der Waals surface area contributed by atoms with Crippen LogP contribution < -0.4 is 5.32 Å². The van der Waals surface area contributed by atoms with Crippen molar-refractivity contribution in [3.8, 4) is 0 Å². The Morgan fingerprint density at radius 1 is 1.45 bits per heavy atom. The van der Waals surface area contributed by atoms with E-state index in [0.717, 1.165) is 23.1 Å². The first-order valence-corrected chi connectivity index (χ1v) is 7.09. The molecular formula is C13H15BrN4O2. The number of halogens is 1. The lowest BCUT2D eigenvalue weighted by Gasteiger charge is -2.10. The molecule has 0 spiro atoms. The summed E-state index contributed by atoms with van der Waals surface area (Å²) in [6, 6.07) is 6.60. The molecule has 0 amide bonds. The molecule has 1 N–H and O–H groups in total. The molecule has 1 aromatic heterocycles. The van der Waals surface area contributed by atoms with Crippen molar-refractivity contribution in [2.75, 3.05) is 5.32 Å². The molecule has 20 heavy (non-hydrogen) atoms. The predicted octanol–water partition coefficient (Wildman–Crippen LogP) is 3.58. The Morgan fingerprint density at radius 3 is 2.95 bits per heavy atom. The van der Waals surface area contributed by atoms with Crippen LogP contribution in [0, 0.1) is 10.1 Å². The minimum absolute atomic E-state index is 0.0674. The highest BCUT2D eigenvalue weighted by Crippen LogP contribution is 2.27. The van der Waals surface area contributed by atoms with Gasteiger partial charge < -0.3 is 5.32 Å². The first kappa shape index (κ1) is 14.5. The zero-order valence-electron chi connectivity index (χ0n) is 11.0. The molecule has 0 aliphatic rings. The molecule has 106 valence electrons. The maximum absolute atomic E-state index is 10.8. The number of anilines is 1. The van der Waals surface area contributed by atoms with Crippen LogP contribution in [0.25, 0.3) is 0 Å². The summed E-state index contributed by atoms with van der Waals surface area (Å²) in [7, 11) is 0. The van der Waals surface area contributed by atoms with Crippen LogP contribution in [0.5, 0.6) is 0 Å². The lowest BCUT2D eigenvalue weighted by atomic mass is 10.2. The van der Waals surface area contributed by atoms with E-state index in [2.05, 4.69) is 33.3 Å². The first-order valence-electron chi connectivity index (χ1n) is 6.30. The molecule has 2 rings (SSSR count). The fourth-order valence-corrected chi connectivity index (χ4v) is 2.26. The summed E-state index contributed by atoms with van der Waals surface area (Å²) < 4.78 is 2.72. The van der Waals surface area contributed by atoms with Gasteiger partial charge in [-0.1, -0.05) is 6.92 Å². The summed E-state index contributed by atoms with van der Waals surface area (Å²) in [5.74, 6) is 0. The molecule has 0 fully saturated rings. The van der Waals surface area contributed by atoms with Crippen molar-refractivity contribution in [2.24, 2.45) is 0 Å². The van der Waals surface area contributed by atoms with Crippen molar-refractivity contribution in [1.29, 1.82) is 0 Å². The third-order valence-corrected chi connectivity index (χ3v) is 3.55. The van der Waals surface area contributed by atoms with Crippen molar-refractivity contribution in [2.45, 2.75) is 26.4 Å². The molecule has 0 atom stereocenters. The van der Waals surface area contributed by atoms with Gasteiger partial charge in [-0.15, -0.1) is 0 Å². The SMILES string of the molecule is CCCn1nccc1CNc1cc([N+](=O)[O-])ccc1Br. The Hall–Kier alpha value is -1.89. The van der Waals surface area contributed by atoms with Gasteiger partial charge in [0.2, 0.25) is 0 Å². The van der Waals surface area contributed by atoms with E-state index in [1.165, 1.54) is 12.1 Å². The van der Waals surface area contributed by atoms with Gasteiger partial charge in [-0.25, -0.2) is 0 Å². The number of benzene rings is 1. The Kier molecular flexibility index (Phi) is 4.73. The van der Waals surface area contributed by atoms with E-state index in [4.69, 9.17) is 0 Å². The molecule has 6 nitrogen and oxygen atoms in total. The van der Waals surface area contributed by atoms with Crippen LogP contribution in [-0.4, -0.2) is 14.7 Å². The zero-order chi connectivity index (χ0) is 14.5. The molecule has 0 aliphatic heterocycles. The molecule has 1 heterocycles. The average molecular weight is 339 g/mol. The van der Waals surface area contributed by atoms with Crippen LogP contribution in [0.2, 0.25) is 0 Å². The predicted molar refractivity (Wildman–Crippen MR) is 80.6 cm³/mol. The second-order valence-corrected chi connectivity index (χ2v) is 5.17. The highest BCUT2D eigenvalue weighted by molar-refractivity contribution is 9.10. The lowest BCUT2D eigenvalue weighted by Crippen LogP contribution is -2.09. The van der Waals surface area contributed by atoms with Gasteiger partial charge in [-0.3, -0.25) is 14.8 Å². The van der Waals surface area contributed by atoms with Crippen molar-refractivity contribution in [1.82, 2.24) is 9.78 Å². The molecule has 0 unspecified atom stereocenters. The molecule has 0 radical (unpaired) electrons. The van der Waals surface area contributed by atoms with Crippen molar-refractivity contribution in [3.05, 3.63) is 50.7 Å². The van der Waals surface area contributed by atoms with Crippen LogP contribution in [0.3, 0.4) is 0 Å². The number of hydrogen-bond acceptors (Lipinski definition) is 4. The van der Waals surface area contributed by atoms with E-state index in [-0.39, 0.29) is 5.69 Å². The fraction of sp³-hybridized carbons (Fsp3) is 0.308. The van der Waals surface area contributed by atoms with Gasteiger partial charge >= 0.3 is 0 Å². The summed E-state index contributed by atoms with van der Waals surface area (Å²) in [6.07, 6.45) is 2.77. The minimum atomic E-state index is -0.404. The van der Waals surface area contributed by atoms with E-state index >= 15 is 0 Å². The van der Waals surface area contributed by atoms with E-state index in [1.54, 1.807) is 12.3 Å². The van der Waals surface area contributed by atoms with Crippen LogP contribution in [0.1, 0.15) is 19.0 Å². The first-order chi connectivity index (χ1) is 9.61. The molecular weight excluding hydrogens is 324 g/mol. The summed E-state index contributed by atoms with van der Waals surface area (Å²) >= 11 is 3.39. The molecule has 0 aliphatic carbocycles. The molecule has 0 saturated carbocycles. The molecule has 1 aromatic carbocycles. The van der Waals surface area contributed by atoms with Gasteiger partial charge in [0, 0.05) is 29.3 Å². The molecule has 0 saturated heterocycles. The van der Waals surface area contributed by atoms with Gasteiger partial charge in [0.15, 0.2) is 0 Å². The average Bonchev–Trinajstić information content (AvgIpc) is 2.85. The highest BCUT2D eigenvalue weighted by atomic mass is 79.9. The van der Waals surface area contributed by atoms with Gasteiger partial charge in [-0.2, -0.15) is 5.10 Å². The third kappa shape index (κ3) is 3.36. The van der Waals surface area contributed by atoms with Gasteiger partial charge in [0.05, 0.1) is 22.8 Å². The van der Waals surface area contributed by atoms with E-state index in [9.17, 15) is 10.1 Å². The van der Waals surface area contributed by atoms with E-state index in [0.29, 0.717) is 12.2 Å². The van der Waals surface area contributed by atoms with Crippen LogP contribution in [0.15, 0.2) is 34.9 Å². The highest BCUT2D eigenvalue weighted by Gasteiger charge is 2.10. The topological polar surface area (TPSA) is 73.0 Å². The number of nitro benzene ring substituents is 1. The van der Waals surface area contributed by atoms with Crippen molar-refractivity contribution < 1.29 is 4.92 Å². The van der Waals surface area contributed by atoms with Crippen LogP contribution >= 0.6 is 15.9 Å². The van der Waals surface area contributed by atoms with Gasteiger partial charge in [-0.05, 0) is 34.5 Å². The fourth-order valence-electron chi connectivity index (χ4n) is 1.87. The quantitative estimate of drug-likeness (QED) is 0.645. The Labute approximate surface area is 125 Å². The number of nitrogens with one attached hydrogen (secondary N) is 1. The largest absolute Gasteiger partial charge is 0.378 e. The van der Waals surface area contributed by atoms with Crippen molar-refractivity contribution in [3.63, 3.8) is 0 Å². The number of nitrogens with zero attached hydrogens (tertiary/aromatic N) is 3. The molecule has 7 heteroatoms. The zero-order valence-corrected chi connectivity index (χ0v) is 12.6. The van der Waals surface area contributed by atoms with Crippen LogP contribution in [-0.2, 0) is 13.1 Å². The summed E-state index contributed by atoms with van der Waals surface area (Å²) in [5, 5.41) is 18.2. The molecule has 0 bridgehead atoms. The maximum Gasteiger partial charge on any atom is 0.271 e. The van der Waals surface area contributed by atoms with E-state index < -0.39 is 4.92 Å². The Bertz CT molecular complexity index is 612. The Balaban J connectivity index is 2.12. The second-order valence-electron chi connectivity index (χ2n) is 4.32. The summed E-state index contributed by atoms with van der Waals surface area (Å²) in [4.78, 5) is 10.4. The third-order valence-electron chi connectivity index (χ3n) is 2.86. The number of rotatable bonds is 6. The standard InChI is InChI=1S/C13H15BrN4O2/c1-2-7-17-11(5-6-16-17)9-15-13-8-10(18(19)20)3-4-12(13)14/h3-6,8,15H,2,7,9H2,1H3. The number of aromatic nitrogens is 2. The summed E-state index contributed by atoms with van der Waals surface area (Å²) in [5.41, 5.74) is 1.81. The Morgan fingerprint density at radius 2 is 2.25 bits per heavy atom. The number of nitro groups is 1. The number of non-ortho nitro benzene ring substituents is 1. The van der Waals surface area contributed by atoms with Crippen molar-refractivity contribution >= 4 is 27.3 Å². The maximum atomic E-state index is 10.8. The number of aryl methyl sites for hydroxylation is 1. The van der Waals surface area contributed by atoms with Gasteiger partial charge in [0.25, 0.3) is 5.69 Å². The smallest absolute Gasteiger partial charge is 0.271 e. The van der Waals surface area contributed by atoms with Gasteiger partial charge in [0.1, 0.15) is 0 Å². The minimum Gasteiger partial charge on any atom is -0.378 e. The van der Waals surface area contributed by atoms with E-state index in [1.807, 2.05) is 10.7 Å². The normalized spacial score (nSPS) is 10.5. The van der Waals surface area contributed by atoms with Crippen LogP contribution in [0.4, 0.5) is 11.4 Å². The summed E-state index contributed by atoms with van der Waals surface area (Å²) in [6.45, 7) is 3.52. The lowest BCUT2D eigenvalue weighted by molar-refractivity contribution is -0.384. The number of hydrogen-bond donors (Lipinski definition) is 1. The molecule has 2 aromatic rings. The monoisotopic (exact) mass is 338 g/mol.